The molecule has 0 aromatic carbocycles. The van der Waals surface area contributed by atoms with Crippen LogP contribution < -0.4 is 5.73 Å². The van der Waals surface area contributed by atoms with Crippen LogP contribution in [0.15, 0.2) is 6.07 Å². The lowest BCUT2D eigenvalue weighted by molar-refractivity contribution is 0.741. The first-order valence-corrected chi connectivity index (χ1v) is 4.49. The molecule has 0 aliphatic heterocycles. The van der Waals surface area contributed by atoms with Crippen molar-refractivity contribution in [1.82, 2.24) is 10.2 Å². The maximum Gasteiger partial charge on any atom is 0.0683 e. The summed E-state index contributed by atoms with van der Waals surface area (Å²) in [5.74, 6) is 0. The molecule has 3 nitrogen and oxygen atoms in total. The first-order chi connectivity index (χ1) is 5.74. The van der Waals surface area contributed by atoms with Gasteiger partial charge in [-0.25, -0.2) is 0 Å². The van der Waals surface area contributed by atoms with E-state index in [2.05, 4.69) is 23.2 Å². The van der Waals surface area contributed by atoms with Gasteiger partial charge in [-0.1, -0.05) is 6.92 Å². The summed E-state index contributed by atoms with van der Waals surface area (Å²) in [6.07, 6.45) is 3.46. The molecule has 1 aliphatic rings. The Balaban J connectivity index is 2.13. The van der Waals surface area contributed by atoms with Gasteiger partial charge in [-0.15, -0.1) is 0 Å². The van der Waals surface area contributed by atoms with Gasteiger partial charge < -0.3 is 5.73 Å². The summed E-state index contributed by atoms with van der Waals surface area (Å²) in [7, 11) is 0. The molecule has 0 unspecified atom stereocenters. The van der Waals surface area contributed by atoms with E-state index in [1.807, 2.05) is 0 Å². The van der Waals surface area contributed by atoms with Gasteiger partial charge in [-0.3, -0.25) is 5.10 Å². The van der Waals surface area contributed by atoms with Gasteiger partial charge in [0.1, 0.15) is 0 Å². The number of H-pyrrole nitrogens is 1. The van der Waals surface area contributed by atoms with Crippen molar-refractivity contribution in [2.45, 2.75) is 31.6 Å². The zero-order valence-electron chi connectivity index (χ0n) is 7.43. The van der Waals surface area contributed by atoms with Gasteiger partial charge in [-0.2, -0.15) is 5.10 Å². The predicted molar refractivity (Wildman–Crippen MR) is 47.9 cm³/mol. The molecular formula is C9H15N3. The average Bonchev–Trinajstić information content (AvgIpc) is 2.64. The number of aromatic nitrogens is 2. The van der Waals surface area contributed by atoms with Gasteiger partial charge in [0.15, 0.2) is 0 Å². The van der Waals surface area contributed by atoms with Crippen LogP contribution in [0.4, 0.5) is 0 Å². The van der Waals surface area contributed by atoms with Gasteiger partial charge in [0.05, 0.1) is 5.69 Å². The summed E-state index contributed by atoms with van der Waals surface area (Å²) < 4.78 is 0. The number of hydrogen-bond donors (Lipinski definition) is 2. The molecule has 1 aliphatic carbocycles. The minimum absolute atomic E-state index is 0.378. The van der Waals surface area contributed by atoms with E-state index in [9.17, 15) is 0 Å². The Kier molecular flexibility index (Phi) is 1.68. The fourth-order valence-corrected chi connectivity index (χ4v) is 1.40. The molecule has 3 heteroatoms. The van der Waals surface area contributed by atoms with Crippen LogP contribution in [0.25, 0.3) is 0 Å². The van der Waals surface area contributed by atoms with E-state index in [1.54, 1.807) is 0 Å². The van der Waals surface area contributed by atoms with Crippen molar-refractivity contribution in [3.05, 3.63) is 17.5 Å². The molecule has 66 valence electrons. The predicted octanol–water partition coefficient (Wildman–Crippen LogP) is 0.962. The van der Waals surface area contributed by atoms with E-state index in [4.69, 9.17) is 5.73 Å². The van der Waals surface area contributed by atoms with E-state index in [0.717, 1.165) is 6.42 Å². The van der Waals surface area contributed by atoms with Gasteiger partial charge in [0.2, 0.25) is 0 Å². The average molecular weight is 165 g/mol. The van der Waals surface area contributed by atoms with E-state index in [0.29, 0.717) is 12.0 Å². The van der Waals surface area contributed by atoms with Crippen molar-refractivity contribution in [3.63, 3.8) is 0 Å². The van der Waals surface area contributed by atoms with Crippen LogP contribution in [0, 0.1) is 0 Å². The Labute approximate surface area is 72.4 Å². The van der Waals surface area contributed by atoms with Crippen LogP contribution in [0.5, 0.6) is 0 Å². The number of aromatic amines is 1. The number of hydrogen-bond acceptors (Lipinski definition) is 2. The third-order valence-corrected chi connectivity index (χ3v) is 2.66. The largest absolute Gasteiger partial charge is 0.330 e. The summed E-state index contributed by atoms with van der Waals surface area (Å²) in [5, 5.41) is 7.31. The van der Waals surface area contributed by atoms with Gasteiger partial charge in [-0.05, 0) is 25.5 Å². The van der Waals surface area contributed by atoms with E-state index < -0.39 is 0 Å². The third kappa shape index (κ3) is 1.25. The Hall–Kier alpha value is -0.830. The standard InChI is InChI=1S/C9H15N3/c1-9(3-4-9)8-6-7(2-5-10)11-12-8/h6H,2-5,10H2,1H3,(H,11,12). The molecule has 1 aromatic rings. The molecule has 1 saturated carbocycles. The fourth-order valence-electron chi connectivity index (χ4n) is 1.40. The van der Waals surface area contributed by atoms with Crippen molar-refractivity contribution in [3.8, 4) is 0 Å². The molecular weight excluding hydrogens is 150 g/mol. The molecule has 0 radical (unpaired) electrons. The lowest BCUT2D eigenvalue weighted by Crippen LogP contribution is -2.02. The molecule has 1 fully saturated rings. The highest BCUT2D eigenvalue weighted by molar-refractivity contribution is 5.24. The maximum atomic E-state index is 5.45. The summed E-state index contributed by atoms with van der Waals surface area (Å²) in [6.45, 7) is 2.95. The van der Waals surface area contributed by atoms with Crippen LogP contribution >= 0.6 is 0 Å². The van der Waals surface area contributed by atoms with E-state index in [1.165, 1.54) is 24.2 Å². The monoisotopic (exact) mass is 165 g/mol. The summed E-state index contributed by atoms with van der Waals surface area (Å²) in [4.78, 5) is 0. The summed E-state index contributed by atoms with van der Waals surface area (Å²) in [6, 6.07) is 2.15. The molecule has 0 atom stereocenters. The molecule has 0 bridgehead atoms. The first kappa shape index (κ1) is 7.80. The molecule has 3 N–H and O–H groups in total. The molecule has 1 heterocycles. The Morgan fingerprint density at radius 2 is 2.42 bits per heavy atom. The molecule has 12 heavy (non-hydrogen) atoms. The molecule has 0 saturated heterocycles. The topological polar surface area (TPSA) is 54.7 Å². The second kappa shape index (κ2) is 2.59. The van der Waals surface area contributed by atoms with Crippen molar-refractivity contribution < 1.29 is 0 Å². The van der Waals surface area contributed by atoms with Crippen molar-refractivity contribution >= 4 is 0 Å². The lowest BCUT2D eigenvalue weighted by Gasteiger charge is -1.99. The van der Waals surface area contributed by atoms with Crippen LogP contribution in [0.2, 0.25) is 0 Å². The van der Waals surface area contributed by atoms with Crippen LogP contribution in [0.3, 0.4) is 0 Å². The second-order valence-corrected chi connectivity index (χ2v) is 3.88. The van der Waals surface area contributed by atoms with E-state index >= 15 is 0 Å². The van der Waals surface area contributed by atoms with Crippen LogP contribution in [0.1, 0.15) is 31.2 Å². The van der Waals surface area contributed by atoms with Crippen LogP contribution in [-0.4, -0.2) is 16.7 Å². The quantitative estimate of drug-likeness (QED) is 0.701. The SMILES string of the molecule is CC1(c2cc(CCN)[nH]n2)CC1. The number of nitrogens with zero attached hydrogens (tertiary/aromatic N) is 1. The summed E-state index contributed by atoms with van der Waals surface area (Å²) in [5.41, 5.74) is 8.21. The zero-order chi connectivity index (χ0) is 8.60. The number of rotatable bonds is 3. The van der Waals surface area contributed by atoms with Crippen molar-refractivity contribution in [2.24, 2.45) is 5.73 Å². The third-order valence-electron chi connectivity index (χ3n) is 2.66. The lowest BCUT2D eigenvalue weighted by atomic mass is 10.1. The van der Waals surface area contributed by atoms with Crippen molar-refractivity contribution in [2.75, 3.05) is 6.54 Å². The van der Waals surface area contributed by atoms with Gasteiger partial charge >= 0.3 is 0 Å². The molecule has 0 spiro atoms. The smallest absolute Gasteiger partial charge is 0.0683 e. The minimum atomic E-state index is 0.378. The number of nitrogens with one attached hydrogen (secondary N) is 1. The Morgan fingerprint density at radius 1 is 1.67 bits per heavy atom. The molecule has 2 rings (SSSR count). The van der Waals surface area contributed by atoms with Crippen molar-refractivity contribution in [1.29, 1.82) is 0 Å². The highest BCUT2D eigenvalue weighted by Crippen LogP contribution is 2.46. The fraction of sp³-hybridized carbons (Fsp3) is 0.667. The Bertz CT molecular complexity index is 273. The maximum absolute atomic E-state index is 5.45. The minimum Gasteiger partial charge on any atom is -0.330 e. The highest BCUT2D eigenvalue weighted by atomic mass is 15.1. The van der Waals surface area contributed by atoms with E-state index in [-0.39, 0.29) is 0 Å². The van der Waals surface area contributed by atoms with Crippen LogP contribution in [-0.2, 0) is 11.8 Å². The highest BCUT2D eigenvalue weighted by Gasteiger charge is 2.41. The first-order valence-electron chi connectivity index (χ1n) is 4.49. The second-order valence-electron chi connectivity index (χ2n) is 3.88. The molecule has 0 amide bonds. The zero-order valence-corrected chi connectivity index (χ0v) is 7.43. The number of nitrogens with two attached hydrogens (primary N) is 1. The van der Waals surface area contributed by atoms with Gasteiger partial charge in [0.25, 0.3) is 0 Å². The normalized spacial score (nSPS) is 19.5. The van der Waals surface area contributed by atoms with Gasteiger partial charge in [0, 0.05) is 17.5 Å². The summed E-state index contributed by atoms with van der Waals surface area (Å²) >= 11 is 0. The Morgan fingerprint density at radius 3 is 3.00 bits per heavy atom. The molecule has 1 aromatic heterocycles.